The van der Waals surface area contributed by atoms with Crippen molar-refractivity contribution < 1.29 is 13.9 Å². The molecule has 1 aromatic heterocycles. The molecule has 2 amide bonds. The SMILES string of the molecule is COc1ccc(NC(=O)N(C)C(C)c2ccccc2F)cn1. The quantitative estimate of drug-likeness (QED) is 0.941. The molecule has 5 nitrogen and oxygen atoms in total. The first-order valence-corrected chi connectivity index (χ1v) is 6.81. The fraction of sp³-hybridized carbons (Fsp3) is 0.250. The summed E-state index contributed by atoms with van der Waals surface area (Å²) in [5.74, 6) is 0.131. The van der Waals surface area contributed by atoms with E-state index in [1.54, 1.807) is 44.3 Å². The molecule has 0 spiro atoms. The van der Waals surface area contributed by atoms with Crippen LogP contribution in [0.15, 0.2) is 42.6 Å². The number of carbonyl (C=O) groups is 1. The summed E-state index contributed by atoms with van der Waals surface area (Å²) in [7, 11) is 3.13. The molecule has 0 aliphatic carbocycles. The lowest BCUT2D eigenvalue weighted by Crippen LogP contribution is -2.34. The molecular formula is C16H18FN3O2. The van der Waals surface area contributed by atoms with Gasteiger partial charge in [-0.05, 0) is 19.1 Å². The number of hydrogen-bond acceptors (Lipinski definition) is 3. The van der Waals surface area contributed by atoms with Crippen LogP contribution in [0.25, 0.3) is 0 Å². The molecule has 1 heterocycles. The van der Waals surface area contributed by atoms with Gasteiger partial charge in [0.1, 0.15) is 5.82 Å². The minimum Gasteiger partial charge on any atom is -0.481 e. The van der Waals surface area contributed by atoms with E-state index in [4.69, 9.17) is 4.74 Å². The molecule has 1 N–H and O–H groups in total. The van der Waals surface area contributed by atoms with E-state index in [9.17, 15) is 9.18 Å². The summed E-state index contributed by atoms with van der Waals surface area (Å²) in [4.78, 5) is 17.7. The number of nitrogens with zero attached hydrogens (tertiary/aromatic N) is 2. The normalized spacial score (nSPS) is 11.6. The molecule has 2 rings (SSSR count). The Hall–Kier alpha value is -2.63. The maximum absolute atomic E-state index is 13.8. The molecule has 22 heavy (non-hydrogen) atoms. The van der Waals surface area contributed by atoms with Crippen molar-refractivity contribution in [3.63, 3.8) is 0 Å². The minimum atomic E-state index is -0.396. The summed E-state index contributed by atoms with van der Waals surface area (Å²) < 4.78 is 18.7. The van der Waals surface area contributed by atoms with Gasteiger partial charge in [-0.25, -0.2) is 14.2 Å². The number of pyridine rings is 1. The predicted octanol–water partition coefficient (Wildman–Crippen LogP) is 3.45. The number of halogens is 1. The van der Waals surface area contributed by atoms with E-state index in [0.717, 1.165) is 0 Å². The Balaban J connectivity index is 2.06. The monoisotopic (exact) mass is 303 g/mol. The van der Waals surface area contributed by atoms with E-state index in [1.807, 2.05) is 0 Å². The van der Waals surface area contributed by atoms with Crippen LogP contribution in [0.4, 0.5) is 14.9 Å². The van der Waals surface area contributed by atoms with E-state index in [1.165, 1.54) is 24.3 Å². The van der Waals surface area contributed by atoms with Crippen molar-refractivity contribution in [1.29, 1.82) is 0 Å². The van der Waals surface area contributed by atoms with Gasteiger partial charge in [-0.1, -0.05) is 18.2 Å². The summed E-state index contributed by atoms with van der Waals surface area (Å²) in [5, 5.41) is 2.71. The molecule has 116 valence electrons. The summed E-state index contributed by atoms with van der Waals surface area (Å²) in [5.41, 5.74) is 1.01. The van der Waals surface area contributed by atoms with Gasteiger partial charge in [0, 0.05) is 18.7 Å². The first-order valence-electron chi connectivity index (χ1n) is 6.81. The number of hydrogen-bond donors (Lipinski definition) is 1. The van der Waals surface area contributed by atoms with Gasteiger partial charge < -0.3 is 15.0 Å². The molecule has 0 aliphatic rings. The van der Waals surface area contributed by atoms with Crippen LogP contribution in [0.3, 0.4) is 0 Å². The van der Waals surface area contributed by atoms with Crippen LogP contribution < -0.4 is 10.1 Å². The lowest BCUT2D eigenvalue weighted by Gasteiger charge is -2.25. The maximum atomic E-state index is 13.8. The number of carbonyl (C=O) groups excluding carboxylic acids is 1. The van der Waals surface area contributed by atoms with E-state index < -0.39 is 6.04 Å². The zero-order valence-corrected chi connectivity index (χ0v) is 12.7. The second kappa shape index (κ2) is 6.89. The molecule has 0 saturated heterocycles. The second-order valence-corrected chi connectivity index (χ2v) is 4.83. The highest BCUT2D eigenvalue weighted by molar-refractivity contribution is 5.89. The number of anilines is 1. The van der Waals surface area contributed by atoms with Crippen molar-refractivity contribution in [2.24, 2.45) is 0 Å². The van der Waals surface area contributed by atoms with Crippen molar-refractivity contribution in [1.82, 2.24) is 9.88 Å². The molecule has 1 atom stereocenters. The number of urea groups is 1. The molecule has 0 fully saturated rings. The number of amides is 2. The molecule has 0 aliphatic heterocycles. The first kappa shape index (κ1) is 15.8. The molecule has 6 heteroatoms. The van der Waals surface area contributed by atoms with Gasteiger partial charge in [0.2, 0.25) is 5.88 Å². The highest BCUT2D eigenvalue weighted by Crippen LogP contribution is 2.22. The van der Waals surface area contributed by atoms with Gasteiger partial charge >= 0.3 is 6.03 Å². The van der Waals surface area contributed by atoms with E-state index in [-0.39, 0.29) is 11.8 Å². The highest BCUT2D eigenvalue weighted by Gasteiger charge is 2.20. The second-order valence-electron chi connectivity index (χ2n) is 4.83. The number of benzene rings is 1. The number of rotatable bonds is 4. The van der Waals surface area contributed by atoms with Crippen molar-refractivity contribution in [3.8, 4) is 5.88 Å². The van der Waals surface area contributed by atoms with E-state index in [2.05, 4.69) is 10.3 Å². The predicted molar refractivity (Wildman–Crippen MR) is 82.4 cm³/mol. The number of methoxy groups -OCH3 is 1. The summed E-state index contributed by atoms with van der Waals surface area (Å²) in [6.07, 6.45) is 1.50. The van der Waals surface area contributed by atoms with Crippen LogP contribution >= 0.6 is 0 Å². The van der Waals surface area contributed by atoms with Gasteiger partial charge in [0.05, 0.1) is 25.0 Å². The Morgan fingerprint density at radius 1 is 1.32 bits per heavy atom. The highest BCUT2D eigenvalue weighted by atomic mass is 19.1. The molecule has 2 aromatic rings. The molecule has 1 aromatic carbocycles. The number of ether oxygens (including phenoxy) is 1. The fourth-order valence-electron chi connectivity index (χ4n) is 1.99. The standard InChI is InChI=1S/C16H18FN3O2/c1-11(13-6-4-5-7-14(13)17)20(2)16(21)19-12-8-9-15(22-3)18-10-12/h4-11H,1-3H3,(H,19,21). The fourth-order valence-corrected chi connectivity index (χ4v) is 1.99. The molecule has 0 radical (unpaired) electrons. The Morgan fingerprint density at radius 2 is 2.05 bits per heavy atom. The van der Waals surface area contributed by atoms with E-state index >= 15 is 0 Å². The Labute approximate surface area is 128 Å². The maximum Gasteiger partial charge on any atom is 0.322 e. The zero-order valence-electron chi connectivity index (χ0n) is 12.7. The molecular weight excluding hydrogens is 285 g/mol. The Morgan fingerprint density at radius 3 is 2.64 bits per heavy atom. The number of nitrogens with one attached hydrogen (secondary N) is 1. The summed E-state index contributed by atoms with van der Waals surface area (Å²) in [6.45, 7) is 1.77. The van der Waals surface area contributed by atoms with Crippen molar-refractivity contribution >= 4 is 11.7 Å². The third kappa shape index (κ3) is 3.52. The van der Waals surface area contributed by atoms with Gasteiger partial charge in [0.25, 0.3) is 0 Å². The van der Waals surface area contributed by atoms with E-state index in [0.29, 0.717) is 17.1 Å². The van der Waals surface area contributed by atoms with Crippen LogP contribution in [0.1, 0.15) is 18.5 Å². The molecule has 1 unspecified atom stereocenters. The number of aromatic nitrogens is 1. The van der Waals surface area contributed by atoms with Crippen molar-refractivity contribution in [3.05, 3.63) is 54.0 Å². The average Bonchev–Trinajstić information content (AvgIpc) is 2.54. The average molecular weight is 303 g/mol. The van der Waals surface area contributed by atoms with Gasteiger partial charge in [-0.3, -0.25) is 0 Å². The van der Waals surface area contributed by atoms with Crippen LogP contribution in [-0.2, 0) is 0 Å². The Bertz CT molecular complexity index is 646. The van der Waals surface area contributed by atoms with Gasteiger partial charge in [-0.15, -0.1) is 0 Å². The molecule has 0 bridgehead atoms. The van der Waals surface area contributed by atoms with Gasteiger partial charge in [-0.2, -0.15) is 0 Å². The third-order valence-electron chi connectivity index (χ3n) is 3.45. The van der Waals surface area contributed by atoms with Crippen LogP contribution in [0, 0.1) is 5.82 Å². The smallest absolute Gasteiger partial charge is 0.322 e. The lowest BCUT2D eigenvalue weighted by molar-refractivity contribution is 0.207. The van der Waals surface area contributed by atoms with Crippen molar-refractivity contribution in [2.75, 3.05) is 19.5 Å². The lowest BCUT2D eigenvalue weighted by atomic mass is 10.1. The van der Waals surface area contributed by atoms with Crippen molar-refractivity contribution in [2.45, 2.75) is 13.0 Å². The topological polar surface area (TPSA) is 54.5 Å². The summed E-state index contributed by atoms with van der Waals surface area (Å²) >= 11 is 0. The first-order chi connectivity index (χ1) is 10.5. The van der Waals surface area contributed by atoms with Gasteiger partial charge in [0.15, 0.2) is 0 Å². The third-order valence-corrected chi connectivity index (χ3v) is 3.45. The Kier molecular flexibility index (Phi) is 4.93. The van der Waals surface area contributed by atoms with Crippen LogP contribution in [0.5, 0.6) is 5.88 Å². The van der Waals surface area contributed by atoms with Crippen LogP contribution in [0.2, 0.25) is 0 Å². The minimum absolute atomic E-state index is 0.333. The van der Waals surface area contributed by atoms with Crippen LogP contribution in [-0.4, -0.2) is 30.1 Å². The summed E-state index contributed by atoms with van der Waals surface area (Å²) in [6, 6.07) is 9.00. The zero-order chi connectivity index (χ0) is 16.1. The largest absolute Gasteiger partial charge is 0.481 e. The molecule has 0 saturated carbocycles.